The van der Waals surface area contributed by atoms with E-state index >= 15 is 0 Å². The van der Waals surface area contributed by atoms with Crippen LogP contribution >= 0.6 is 0 Å². The minimum atomic E-state index is 0.848. The number of rotatable bonds is 5. The number of hydrogen-bond donors (Lipinski definition) is 0. The van der Waals surface area contributed by atoms with Crippen molar-refractivity contribution in [2.75, 3.05) is 0 Å². The van der Waals surface area contributed by atoms with Crippen molar-refractivity contribution < 1.29 is 0 Å². The van der Waals surface area contributed by atoms with E-state index in [9.17, 15) is 0 Å². The lowest BCUT2D eigenvalue weighted by molar-refractivity contribution is 1.18. The molecule has 5 nitrogen and oxygen atoms in total. The smallest absolute Gasteiger partial charge is 0.0973 e. The third kappa shape index (κ3) is 5.71. The number of nitrogens with zero attached hydrogens (tertiary/aromatic N) is 5. The van der Waals surface area contributed by atoms with Crippen LogP contribution in [0.15, 0.2) is 237 Å². The van der Waals surface area contributed by atoms with Crippen LogP contribution in [0.5, 0.6) is 0 Å². The molecule has 0 aliphatic rings. The molecular weight excluding hydrogens is 839 g/mol. The Kier molecular flexibility index (Phi) is 8.00. The highest BCUT2D eigenvalue weighted by molar-refractivity contribution is 6.16. The fourth-order valence-corrected chi connectivity index (χ4v) is 11.2. The van der Waals surface area contributed by atoms with E-state index in [0.717, 1.165) is 61.6 Å². The van der Waals surface area contributed by atoms with Gasteiger partial charge in [0.2, 0.25) is 0 Å². The molecule has 0 saturated heterocycles. The van der Waals surface area contributed by atoms with Gasteiger partial charge in [0.15, 0.2) is 0 Å². The molecule has 0 bridgehead atoms. The second-order valence-electron chi connectivity index (χ2n) is 18.2. The second-order valence-corrected chi connectivity index (χ2v) is 18.2. The van der Waals surface area contributed by atoms with E-state index in [0.29, 0.717) is 0 Å². The molecule has 4 aromatic heterocycles. The van der Waals surface area contributed by atoms with E-state index in [1.807, 2.05) is 12.1 Å². The van der Waals surface area contributed by atoms with Gasteiger partial charge in [-0.05, 0) is 119 Å². The van der Waals surface area contributed by atoms with Gasteiger partial charge >= 0.3 is 0 Å². The highest BCUT2D eigenvalue weighted by atomic mass is 15.0. The van der Waals surface area contributed by atoms with Crippen LogP contribution < -0.4 is 0 Å². The lowest BCUT2D eigenvalue weighted by Crippen LogP contribution is -1.98. The van der Waals surface area contributed by atoms with Crippen molar-refractivity contribution >= 4 is 98.0 Å². The Labute approximate surface area is 396 Å². The Balaban J connectivity index is 0.889. The normalized spacial score (nSPS) is 12.1. The maximum Gasteiger partial charge on any atom is 0.0973 e. The van der Waals surface area contributed by atoms with Gasteiger partial charge in [0.05, 0.1) is 55.5 Å². The monoisotopic (exact) mass is 877 g/mol. The van der Waals surface area contributed by atoms with Crippen molar-refractivity contribution in [3.8, 4) is 39.6 Å². The summed E-state index contributed by atoms with van der Waals surface area (Å²) < 4.78 is 7.20. The summed E-state index contributed by atoms with van der Waals surface area (Å²) >= 11 is 0. The average Bonchev–Trinajstić information content (AvgIpc) is 4.04. The Morgan fingerprint density at radius 3 is 1.29 bits per heavy atom. The summed E-state index contributed by atoms with van der Waals surface area (Å²) in [6.45, 7) is 0. The molecule has 320 valence electrons. The molecule has 0 unspecified atom stereocenters. The summed E-state index contributed by atoms with van der Waals surface area (Å²) in [4.78, 5) is 10.7. The number of aromatic nitrogens is 5. The standard InChI is InChI=1S/C64H39N5/c1-2-16-46(17-3-1)67-57-23-11-6-18-49(57)52-33-29-44(38-60(52)67)64-63(65-55-21-9-10-22-56(55)66-64)40-26-30-47(31-27-40)68-58-24-12-7-19-50(58)54-36-43-28-32-48(34-45(43)39-62(54)68)69-59-25-13-8-20-51(59)53-35-41-14-4-5-15-42(41)37-61(53)69/h1-39H. The van der Waals surface area contributed by atoms with E-state index in [1.54, 1.807) is 0 Å². The molecule has 11 aromatic carbocycles. The number of hydrogen-bond acceptors (Lipinski definition) is 2. The van der Waals surface area contributed by atoms with Gasteiger partial charge in [0.25, 0.3) is 0 Å². The molecule has 0 radical (unpaired) electrons. The van der Waals surface area contributed by atoms with Crippen LogP contribution in [0.1, 0.15) is 0 Å². The summed E-state index contributed by atoms with van der Waals surface area (Å²) in [6.07, 6.45) is 0. The number of fused-ring (bicyclic) bond motifs is 12. The van der Waals surface area contributed by atoms with Crippen molar-refractivity contribution in [2.24, 2.45) is 0 Å². The van der Waals surface area contributed by atoms with Crippen molar-refractivity contribution in [2.45, 2.75) is 0 Å². The van der Waals surface area contributed by atoms with Gasteiger partial charge < -0.3 is 13.7 Å². The predicted octanol–water partition coefficient (Wildman–Crippen LogP) is 16.6. The molecule has 0 atom stereocenters. The number of benzene rings is 11. The minimum Gasteiger partial charge on any atom is -0.309 e. The highest BCUT2D eigenvalue weighted by Gasteiger charge is 2.20. The Morgan fingerprint density at radius 2 is 0.652 bits per heavy atom. The van der Waals surface area contributed by atoms with Crippen LogP contribution in [0, 0.1) is 0 Å². The third-order valence-electron chi connectivity index (χ3n) is 14.3. The van der Waals surface area contributed by atoms with Crippen LogP contribution in [0.4, 0.5) is 0 Å². The largest absolute Gasteiger partial charge is 0.309 e. The highest BCUT2D eigenvalue weighted by Crippen LogP contribution is 2.41. The molecule has 0 spiro atoms. The first-order chi connectivity index (χ1) is 34.2. The van der Waals surface area contributed by atoms with Crippen LogP contribution in [0.3, 0.4) is 0 Å². The van der Waals surface area contributed by atoms with Gasteiger partial charge in [-0.3, -0.25) is 0 Å². The first-order valence-electron chi connectivity index (χ1n) is 23.6. The molecule has 0 amide bonds. The summed E-state index contributed by atoms with van der Waals surface area (Å²) in [7, 11) is 0. The molecule has 69 heavy (non-hydrogen) atoms. The van der Waals surface area contributed by atoms with Crippen molar-refractivity contribution in [1.29, 1.82) is 0 Å². The maximum absolute atomic E-state index is 5.36. The van der Waals surface area contributed by atoms with E-state index in [4.69, 9.17) is 9.97 Å². The molecular formula is C64H39N5. The topological polar surface area (TPSA) is 40.6 Å². The third-order valence-corrected chi connectivity index (χ3v) is 14.3. The van der Waals surface area contributed by atoms with Gasteiger partial charge in [-0.1, -0.05) is 140 Å². The maximum atomic E-state index is 5.36. The van der Waals surface area contributed by atoms with Crippen molar-refractivity contribution in [3.63, 3.8) is 0 Å². The Hall–Kier alpha value is -9.32. The quantitative estimate of drug-likeness (QED) is 0.173. The van der Waals surface area contributed by atoms with Crippen LogP contribution in [0.2, 0.25) is 0 Å². The Morgan fingerprint density at radius 1 is 0.232 bits per heavy atom. The zero-order valence-electron chi connectivity index (χ0n) is 37.3. The summed E-state index contributed by atoms with van der Waals surface area (Å²) in [5, 5.41) is 12.3. The van der Waals surface area contributed by atoms with Crippen LogP contribution in [-0.4, -0.2) is 23.7 Å². The molecule has 0 fully saturated rings. The molecule has 0 saturated carbocycles. The molecule has 15 rings (SSSR count). The van der Waals surface area contributed by atoms with E-state index in [-0.39, 0.29) is 0 Å². The van der Waals surface area contributed by atoms with Gasteiger partial charge in [0, 0.05) is 60.5 Å². The summed E-state index contributed by atoms with van der Waals surface area (Å²) in [6, 6.07) is 85.6. The minimum absolute atomic E-state index is 0.848. The first kappa shape index (κ1) is 37.9. The van der Waals surface area contributed by atoms with E-state index < -0.39 is 0 Å². The van der Waals surface area contributed by atoms with Crippen LogP contribution in [0.25, 0.3) is 138 Å². The van der Waals surface area contributed by atoms with Gasteiger partial charge in [-0.25, -0.2) is 9.97 Å². The number of para-hydroxylation sites is 6. The molecule has 0 aliphatic carbocycles. The zero-order valence-corrected chi connectivity index (χ0v) is 37.3. The lowest BCUT2D eigenvalue weighted by atomic mass is 10.0. The van der Waals surface area contributed by atoms with Gasteiger partial charge in [0.1, 0.15) is 0 Å². The Bertz CT molecular complexity index is 4590. The fraction of sp³-hybridized carbons (Fsp3) is 0. The molecule has 4 heterocycles. The summed E-state index contributed by atoms with van der Waals surface area (Å²) in [5.74, 6) is 0. The molecule has 15 aromatic rings. The predicted molar refractivity (Wildman–Crippen MR) is 288 cm³/mol. The lowest BCUT2D eigenvalue weighted by Gasteiger charge is -2.14. The van der Waals surface area contributed by atoms with E-state index in [2.05, 4.69) is 238 Å². The van der Waals surface area contributed by atoms with Gasteiger partial charge in [-0.2, -0.15) is 0 Å². The zero-order chi connectivity index (χ0) is 45.2. The second kappa shape index (κ2) is 14.6. The molecule has 0 N–H and O–H groups in total. The molecule has 0 aliphatic heterocycles. The first-order valence-corrected chi connectivity index (χ1v) is 23.6. The van der Waals surface area contributed by atoms with E-state index in [1.165, 1.54) is 75.9 Å². The van der Waals surface area contributed by atoms with Crippen molar-refractivity contribution in [1.82, 2.24) is 23.7 Å². The molecule has 5 heteroatoms. The summed E-state index contributed by atoms with van der Waals surface area (Å²) in [5.41, 5.74) is 15.8. The SMILES string of the molecule is c1ccc(-n2c3ccccc3c3ccc(-c4nc5ccccc5nc4-c4ccc(-n5c6ccccc6c6cc7ccc(-n8c9ccccc9c9cc%10ccccc%10cc98)cc7cc65)cc4)cc32)cc1. The van der Waals surface area contributed by atoms with Crippen LogP contribution in [-0.2, 0) is 0 Å². The van der Waals surface area contributed by atoms with Gasteiger partial charge in [-0.15, -0.1) is 0 Å². The average molecular weight is 878 g/mol. The fourth-order valence-electron chi connectivity index (χ4n) is 11.2. The van der Waals surface area contributed by atoms with Crippen molar-refractivity contribution in [3.05, 3.63) is 237 Å².